The molecular formula is C10H5ClF10N2O2. The Labute approximate surface area is 134 Å². The van der Waals surface area contributed by atoms with Gasteiger partial charge in [0.25, 0.3) is 5.56 Å². The van der Waals surface area contributed by atoms with Crippen molar-refractivity contribution in [2.75, 3.05) is 0 Å². The second-order valence-electron chi connectivity index (χ2n) is 4.70. The van der Waals surface area contributed by atoms with Crippen molar-refractivity contribution in [1.29, 1.82) is 0 Å². The predicted octanol–water partition coefficient (Wildman–Crippen LogP) is 3.20. The first-order chi connectivity index (χ1) is 10.8. The molecule has 0 radical (unpaired) electrons. The van der Waals surface area contributed by atoms with Crippen molar-refractivity contribution in [1.82, 2.24) is 9.97 Å². The average Bonchev–Trinajstić information content (AvgIpc) is 2.34. The van der Waals surface area contributed by atoms with E-state index >= 15 is 0 Å². The number of H-pyrrole nitrogens is 2. The van der Waals surface area contributed by atoms with Crippen LogP contribution in [-0.4, -0.2) is 33.1 Å². The first-order valence-electron chi connectivity index (χ1n) is 5.74. The Morgan fingerprint density at radius 3 is 1.56 bits per heavy atom. The highest BCUT2D eigenvalue weighted by Gasteiger charge is 2.86. The van der Waals surface area contributed by atoms with Crippen molar-refractivity contribution in [3.05, 3.63) is 32.1 Å². The van der Waals surface area contributed by atoms with Crippen LogP contribution in [0, 0.1) is 6.92 Å². The molecule has 1 aromatic heterocycles. The molecule has 0 aliphatic carbocycles. The van der Waals surface area contributed by atoms with Gasteiger partial charge in [-0.1, -0.05) is 0 Å². The molecule has 0 atom stereocenters. The molecule has 0 amide bonds. The van der Waals surface area contributed by atoms with E-state index in [2.05, 4.69) is 11.6 Å². The number of halogens is 11. The van der Waals surface area contributed by atoms with Gasteiger partial charge >= 0.3 is 34.8 Å². The number of aromatic amines is 2. The molecule has 0 saturated heterocycles. The van der Waals surface area contributed by atoms with Crippen molar-refractivity contribution in [2.45, 2.75) is 36.0 Å². The zero-order valence-electron chi connectivity index (χ0n) is 11.5. The molecule has 0 spiro atoms. The largest absolute Gasteiger partial charge is 0.393 e. The van der Waals surface area contributed by atoms with Crippen LogP contribution in [-0.2, 0) is 5.92 Å². The van der Waals surface area contributed by atoms with Gasteiger partial charge in [-0.3, -0.25) is 9.78 Å². The van der Waals surface area contributed by atoms with E-state index in [4.69, 9.17) is 0 Å². The molecule has 2 N–H and O–H groups in total. The topological polar surface area (TPSA) is 65.7 Å². The third-order valence-corrected chi connectivity index (χ3v) is 3.22. The molecule has 25 heavy (non-hydrogen) atoms. The molecule has 1 aromatic rings. The van der Waals surface area contributed by atoms with Crippen molar-refractivity contribution in [2.24, 2.45) is 0 Å². The summed E-state index contributed by atoms with van der Waals surface area (Å²) >= 11 is 3.64. The molecular weight excluding hydrogens is 406 g/mol. The van der Waals surface area contributed by atoms with Crippen LogP contribution in [0.25, 0.3) is 0 Å². The first kappa shape index (κ1) is 21.3. The molecule has 0 bridgehead atoms. The summed E-state index contributed by atoms with van der Waals surface area (Å²) in [5, 5.41) is -6.33. The van der Waals surface area contributed by atoms with Gasteiger partial charge in [-0.15, -0.1) is 0 Å². The van der Waals surface area contributed by atoms with E-state index in [0.29, 0.717) is 6.92 Å². The highest BCUT2D eigenvalue weighted by atomic mass is 35.5. The second kappa shape index (κ2) is 5.64. The van der Waals surface area contributed by atoms with E-state index in [1.165, 1.54) is 4.98 Å². The average molecular weight is 411 g/mol. The van der Waals surface area contributed by atoms with E-state index in [9.17, 15) is 53.5 Å². The number of alkyl halides is 11. The first-order valence-corrected chi connectivity index (χ1v) is 6.12. The zero-order chi connectivity index (χ0) is 20.2. The lowest BCUT2D eigenvalue weighted by atomic mass is 9.93. The lowest BCUT2D eigenvalue weighted by molar-refractivity contribution is -0.393. The second-order valence-corrected chi connectivity index (χ2v) is 5.18. The Balaban J connectivity index is 3.72. The lowest BCUT2D eigenvalue weighted by Gasteiger charge is -2.37. The Morgan fingerprint density at radius 2 is 1.20 bits per heavy atom. The predicted molar refractivity (Wildman–Crippen MR) is 62.0 cm³/mol. The molecule has 1 heterocycles. The molecule has 4 nitrogen and oxygen atoms in total. The highest BCUT2D eigenvalue weighted by molar-refractivity contribution is 6.22. The molecule has 0 unspecified atom stereocenters. The van der Waals surface area contributed by atoms with Gasteiger partial charge in [0.2, 0.25) is 0 Å². The van der Waals surface area contributed by atoms with Crippen LogP contribution in [0.15, 0.2) is 9.59 Å². The maximum Gasteiger partial charge on any atom is 0.393 e. The van der Waals surface area contributed by atoms with Gasteiger partial charge in [0.15, 0.2) is 0 Å². The number of aryl methyl sites for hydroxylation is 1. The van der Waals surface area contributed by atoms with Crippen LogP contribution in [0.2, 0.25) is 0 Å². The van der Waals surface area contributed by atoms with E-state index in [1.807, 2.05) is 0 Å². The molecule has 1 rings (SSSR count). The van der Waals surface area contributed by atoms with Crippen LogP contribution >= 0.6 is 11.6 Å². The molecule has 15 heteroatoms. The summed E-state index contributed by atoms with van der Waals surface area (Å²) in [7, 11) is 0. The summed E-state index contributed by atoms with van der Waals surface area (Å²) in [5.41, 5.74) is -7.72. The van der Waals surface area contributed by atoms with E-state index < -0.39 is 51.6 Å². The van der Waals surface area contributed by atoms with Gasteiger partial charge in [0, 0.05) is 5.69 Å². The maximum absolute atomic E-state index is 13.8. The number of nitrogens with one attached hydrogen (secondary N) is 2. The Morgan fingerprint density at radius 1 is 0.760 bits per heavy atom. The van der Waals surface area contributed by atoms with Gasteiger partial charge in [0.1, 0.15) is 5.56 Å². The summed E-state index contributed by atoms with van der Waals surface area (Å²) < 4.78 is 132. The standard InChI is InChI=1S/C10H5ClF10N2O2/c1-2-3(4(24)23-5(25)22-2)6(12,13)7(14,15)8(16,17)9(18,19)10(11,20)21/h1H3,(H2,22,23,24,25). The minimum atomic E-state index is -7.40. The fraction of sp³-hybridized carbons (Fsp3) is 0.600. The molecule has 144 valence electrons. The quantitative estimate of drug-likeness (QED) is 0.578. The number of hydrogen-bond donors (Lipinski definition) is 2. The minimum Gasteiger partial charge on any atom is -0.311 e. The van der Waals surface area contributed by atoms with Crippen LogP contribution < -0.4 is 11.2 Å². The lowest BCUT2D eigenvalue weighted by Crippen LogP contribution is -2.66. The van der Waals surface area contributed by atoms with Gasteiger partial charge in [0.05, 0.1) is 0 Å². The Bertz CT molecular complexity index is 779. The number of rotatable bonds is 5. The minimum absolute atomic E-state index is 0.391. The van der Waals surface area contributed by atoms with Gasteiger partial charge in [-0.25, -0.2) is 4.79 Å². The van der Waals surface area contributed by atoms with Gasteiger partial charge in [-0.2, -0.15) is 43.9 Å². The fourth-order valence-electron chi connectivity index (χ4n) is 1.71. The zero-order valence-corrected chi connectivity index (χ0v) is 12.2. The van der Waals surface area contributed by atoms with Gasteiger partial charge < -0.3 is 4.98 Å². The Kier molecular flexibility index (Phi) is 4.81. The maximum atomic E-state index is 13.8. The summed E-state index contributed by atoms with van der Waals surface area (Å²) in [6.45, 7) is 0.391. The smallest absolute Gasteiger partial charge is 0.311 e. The van der Waals surface area contributed by atoms with Crippen molar-refractivity contribution >= 4 is 11.6 Å². The molecule has 0 aromatic carbocycles. The molecule has 0 saturated carbocycles. The van der Waals surface area contributed by atoms with Crippen LogP contribution in [0.4, 0.5) is 43.9 Å². The molecule has 0 aliphatic rings. The van der Waals surface area contributed by atoms with Crippen LogP contribution in [0.3, 0.4) is 0 Å². The van der Waals surface area contributed by atoms with Crippen LogP contribution in [0.5, 0.6) is 0 Å². The van der Waals surface area contributed by atoms with Crippen LogP contribution in [0.1, 0.15) is 11.3 Å². The number of aromatic nitrogens is 2. The fourth-order valence-corrected chi connectivity index (χ4v) is 1.83. The normalized spacial score (nSPS) is 14.7. The van der Waals surface area contributed by atoms with E-state index in [0.717, 1.165) is 4.98 Å². The summed E-state index contributed by atoms with van der Waals surface area (Å²) in [5.74, 6) is -28.1. The van der Waals surface area contributed by atoms with Crippen molar-refractivity contribution in [3.63, 3.8) is 0 Å². The summed E-state index contributed by atoms with van der Waals surface area (Å²) in [4.78, 5) is 24.4. The van der Waals surface area contributed by atoms with Gasteiger partial charge in [-0.05, 0) is 18.5 Å². The summed E-state index contributed by atoms with van der Waals surface area (Å²) in [6.07, 6.45) is 0. The molecule has 0 fully saturated rings. The number of hydrogen-bond acceptors (Lipinski definition) is 2. The summed E-state index contributed by atoms with van der Waals surface area (Å²) in [6, 6.07) is 0. The monoisotopic (exact) mass is 410 g/mol. The van der Waals surface area contributed by atoms with E-state index in [-0.39, 0.29) is 0 Å². The van der Waals surface area contributed by atoms with E-state index in [1.54, 1.807) is 0 Å². The molecule has 0 aliphatic heterocycles. The third kappa shape index (κ3) is 2.89. The van der Waals surface area contributed by atoms with Crippen molar-refractivity contribution in [3.8, 4) is 0 Å². The third-order valence-electron chi connectivity index (χ3n) is 2.98. The Hall–Kier alpha value is -1.73. The highest BCUT2D eigenvalue weighted by Crippen LogP contribution is 2.60. The van der Waals surface area contributed by atoms with Crippen molar-refractivity contribution < 1.29 is 43.9 Å². The SMILES string of the molecule is Cc1[nH]c(=O)[nH]c(=O)c1C(F)(F)C(F)(F)C(F)(F)C(F)(F)C(F)(F)Cl.